The van der Waals surface area contributed by atoms with Crippen molar-refractivity contribution in [1.29, 1.82) is 0 Å². The first-order valence-electron chi connectivity index (χ1n) is 14.1. The average molecular weight is 782 g/mol. The summed E-state index contributed by atoms with van der Waals surface area (Å²) in [4.78, 5) is 33.1. The summed E-state index contributed by atoms with van der Waals surface area (Å²) in [6, 6.07) is 26.9. The molecule has 0 fully saturated rings. The molecule has 2 heterocycles. The van der Waals surface area contributed by atoms with Crippen LogP contribution in [0.1, 0.15) is 29.7 Å². The number of benzene rings is 4. The lowest BCUT2D eigenvalue weighted by Gasteiger charge is -2.25. The fourth-order valence-corrected chi connectivity index (χ4v) is 7.32. The topological polar surface area (TPSA) is 81.9 Å². The maximum absolute atomic E-state index is 14.1. The highest BCUT2D eigenvalue weighted by molar-refractivity contribution is 14.1. The second-order valence-corrected chi connectivity index (χ2v) is 13.4. The number of amides is 1. The van der Waals surface area contributed by atoms with Crippen LogP contribution in [0, 0.1) is 3.57 Å². The van der Waals surface area contributed by atoms with Crippen LogP contribution in [0.3, 0.4) is 0 Å². The van der Waals surface area contributed by atoms with Gasteiger partial charge in [0.2, 0.25) is 0 Å². The van der Waals surface area contributed by atoms with Gasteiger partial charge >= 0.3 is 0 Å². The van der Waals surface area contributed by atoms with E-state index in [1.54, 1.807) is 36.8 Å². The quantitative estimate of drug-likeness (QED) is 0.167. The van der Waals surface area contributed by atoms with Gasteiger partial charge in [0.25, 0.3) is 11.5 Å². The Morgan fingerprint density at radius 2 is 1.76 bits per heavy atom. The third-order valence-electron chi connectivity index (χ3n) is 7.36. The number of fused-ring (bicyclic) bond motifs is 1. The Labute approximate surface area is 292 Å². The maximum Gasteiger partial charge on any atom is 0.271 e. The third-order valence-corrected chi connectivity index (χ3v) is 9.77. The van der Waals surface area contributed by atoms with Crippen molar-refractivity contribution in [3.05, 3.63) is 152 Å². The van der Waals surface area contributed by atoms with Crippen LogP contribution < -0.4 is 29.7 Å². The van der Waals surface area contributed by atoms with Gasteiger partial charge in [-0.1, -0.05) is 83.1 Å². The number of methoxy groups -OCH3 is 1. The molecule has 6 rings (SSSR count). The molecule has 0 spiro atoms. The minimum absolute atomic E-state index is 0.269. The number of halogens is 3. The van der Waals surface area contributed by atoms with Gasteiger partial charge in [0, 0.05) is 21.3 Å². The summed E-state index contributed by atoms with van der Waals surface area (Å²) in [5, 5.41) is 4.13. The molecule has 0 unspecified atom stereocenters. The summed E-state index contributed by atoms with van der Waals surface area (Å²) < 4.78 is 14.6. The molecule has 1 amide bonds. The zero-order valence-corrected chi connectivity index (χ0v) is 29.1. The molecule has 1 N–H and O–H groups in total. The SMILES string of the molecule is COc1cc(/C=c2/sc3n(c2=O)[C@H](c2ccc(Cl)cc2)C(C(=O)Nc2ccccc2)=C(C)N=3)cc(I)c1OCc1ccccc1Cl. The van der Waals surface area contributed by atoms with Gasteiger partial charge in [-0.3, -0.25) is 14.2 Å². The number of hydrogen-bond donors (Lipinski definition) is 1. The molecule has 5 aromatic rings. The number of hydrogen-bond acceptors (Lipinski definition) is 6. The summed E-state index contributed by atoms with van der Waals surface area (Å²) in [7, 11) is 1.57. The monoisotopic (exact) mass is 781 g/mol. The summed E-state index contributed by atoms with van der Waals surface area (Å²) >= 11 is 16.0. The Hall–Kier alpha value is -3.90. The number of para-hydroxylation sites is 1. The van der Waals surface area contributed by atoms with Crippen LogP contribution in [0.2, 0.25) is 10.0 Å². The van der Waals surface area contributed by atoms with E-state index in [0.29, 0.717) is 47.8 Å². The van der Waals surface area contributed by atoms with Gasteiger partial charge in [0.1, 0.15) is 6.61 Å². The van der Waals surface area contributed by atoms with Crippen molar-refractivity contribution in [2.45, 2.75) is 19.6 Å². The first kappa shape index (κ1) is 32.1. The number of nitrogens with zero attached hydrogens (tertiary/aromatic N) is 2. The predicted octanol–water partition coefficient (Wildman–Crippen LogP) is 7.37. The number of ether oxygens (including phenoxy) is 2. The minimum atomic E-state index is -0.713. The third kappa shape index (κ3) is 6.64. The van der Waals surface area contributed by atoms with E-state index >= 15 is 0 Å². The normalized spacial score (nSPS) is 14.5. The predicted molar refractivity (Wildman–Crippen MR) is 192 cm³/mol. The molecule has 0 aliphatic carbocycles. The molecule has 0 saturated carbocycles. The number of thiazole rings is 1. The Bertz CT molecular complexity index is 2160. The van der Waals surface area contributed by atoms with E-state index in [1.165, 1.54) is 11.3 Å². The molecule has 4 aromatic carbocycles. The molecular weight excluding hydrogens is 756 g/mol. The van der Waals surface area contributed by atoms with Crippen LogP contribution in [0.4, 0.5) is 5.69 Å². The lowest BCUT2D eigenvalue weighted by molar-refractivity contribution is -0.113. The minimum Gasteiger partial charge on any atom is -0.493 e. The van der Waals surface area contributed by atoms with Crippen LogP contribution in [-0.4, -0.2) is 17.6 Å². The number of carbonyl (C=O) groups is 1. The molecule has 1 atom stereocenters. The molecule has 0 bridgehead atoms. The molecule has 232 valence electrons. The molecule has 1 aliphatic heterocycles. The highest BCUT2D eigenvalue weighted by Crippen LogP contribution is 2.36. The maximum atomic E-state index is 14.1. The van der Waals surface area contributed by atoms with Gasteiger partial charge in [-0.25, -0.2) is 4.99 Å². The Balaban J connectivity index is 1.40. The van der Waals surface area contributed by atoms with Crippen LogP contribution in [0.5, 0.6) is 11.5 Å². The van der Waals surface area contributed by atoms with Crippen LogP contribution in [0.25, 0.3) is 6.08 Å². The van der Waals surface area contributed by atoms with E-state index in [4.69, 9.17) is 37.7 Å². The van der Waals surface area contributed by atoms with E-state index in [9.17, 15) is 9.59 Å². The zero-order chi connectivity index (χ0) is 32.4. The number of nitrogens with one attached hydrogen (secondary N) is 1. The highest BCUT2D eigenvalue weighted by Gasteiger charge is 2.32. The lowest BCUT2D eigenvalue weighted by atomic mass is 9.95. The molecule has 7 nitrogen and oxygen atoms in total. The summed E-state index contributed by atoms with van der Waals surface area (Å²) in [5.74, 6) is 0.759. The number of carbonyl (C=O) groups excluding carboxylic acids is 1. The molecule has 46 heavy (non-hydrogen) atoms. The van der Waals surface area contributed by atoms with Crippen molar-refractivity contribution in [2.75, 3.05) is 12.4 Å². The van der Waals surface area contributed by atoms with Crippen molar-refractivity contribution < 1.29 is 14.3 Å². The zero-order valence-electron chi connectivity index (χ0n) is 24.6. The van der Waals surface area contributed by atoms with Crippen LogP contribution >= 0.6 is 57.1 Å². The van der Waals surface area contributed by atoms with E-state index in [0.717, 1.165) is 20.3 Å². The number of rotatable bonds is 8. The van der Waals surface area contributed by atoms with Gasteiger partial charge < -0.3 is 14.8 Å². The Morgan fingerprint density at radius 1 is 1.04 bits per heavy atom. The van der Waals surface area contributed by atoms with E-state index < -0.39 is 6.04 Å². The van der Waals surface area contributed by atoms with Crippen molar-refractivity contribution in [1.82, 2.24) is 4.57 Å². The largest absolute Gasteiger partial charge is 0.493 e. The lowest BCUT2D eigenvalue weighted by Crippen LogP contribution is -2.40. The molecule has 1 aromatic heterocycles. The fourth-order valence-electron chi connectivity index (χ4n) is 5.17. The van der Waals surface area contributed by atoms with E-state index in [1.807, 2.05) is 78.9 Å². The number of allylic oxidation sites excluding steroid dienone is 1. The summed E-state index contributed by atoms with van der Waals surface area (Å²) in [6.45, 7) is 2.06. The van der Waals surface area contributed by atoms with Crippen molar-refractivity contribution >= 4 is 74.8 Å². The molecular formula is C35H26Cl2IN3O4S. The fraction of sp³-hybridized carbons (Fsp3) is 0.114. The van der Waals surface area contributed by atoms with Crippen molar-refractivity contribution in [3.63, 3.8) is 0 Å². The second-order valence-electron chi connectivity index (χ2n) is 10.4. The first-order valence-corrected chi connectivity index (χ1v) is 16.8. The Morgan fingerprint density at radius 3 is 2.48 bits per heavy atom. The van der Waals surface area contributed by atoms with E-state index in [2.05, 4.69) is 27.9 Å². The molecule has 0 saturated heterocycles. The van der Waals surface area contributed by atoms with Gasteiger partial charge in [0.05, 0.1) is 32.5 Å². The van der Waals surface area contributed by atoms with Gasteiger partial charge in [-0.2, -0.15) is 0 Å². The Kier molecular flexibility index (Phi) is 9.65. The standard InChI is InChI=1S/C35H26Cl2IN3O4S/c1-20-30(33(42)40-25-9-4-3-5-10-25)31(22-12-14-24(36)15-13-22)41-34(43)29(46-35(41)39-20)18-21-16-27(38)32(28(17-21)44-2)45-19-23-8-6-7-11-26(23)37/h3-18,31H,19H2,1-2H3,(H,40,42)/b29-18+/t31-/m1/s1. The second kappa shape index (κ2) is 13.8. The number of aromatic nitrogens is 1. The molecule has 11 heteroatoms. The van der Waals surface area contributed by atoms with Crippen LogP contribution in [-0.2, 0) is 11.4 Å². The van der Waals surface area contributed by atoms with E-state index in [-0.39, 0.29) is 18.1 Å². The van der Waals surface area contributed by atoms with Gasteiger partial charge in [0.15, 0.2) is 16.3 Å². The van der Waals surface area contributed by atoms with Crippen LogP contribution in [0.15, 0.2) is 112 Å². The van der Waals surface area contributed by atoms with Crippen molar-refractivity contribution in [3.8, 4) is 11.5 Å². The highest BCUT2D eigenvalue weighted by atomic mass is 127. The van der Waals surface area contributed by atoms with Crippen molar-refractivity contribution in [2.24, 2.45) is 4.99 Å². The smallest absolute Gasteiger partial charge is 0.271 e. The van der Waals surface area contributed by atoms with Gasteiger partial charge in [-0.05, 0) is 89.2 Å². The molecule has 1 aliphatic rings. The van der Waals surface area contributed by atoms with Gasteiger partial charge in [-0.15, -0.1) is 0 Å². The first-order chi connectivity index (χ1) is 22.2. The average Bonchev–Trinajstić information content (AvgIpc) is 3.34. The summed E-state index contributed by atoms with van der Waals surface area (Å²) in [5.41, 5.74) is 3.61. The molecule has 0 radical (unpaired) electrons. The summed E-state index contributed by atoms with van der Waals surface area (Å²) in [6.07, 6.45) is 1.80. The number of anilines is 1.